The zero-order valence-corrected chi connectivity index (χ0v) is 14.8. The Balaban J connectivity index is 1.92. The monoisotopic (exact) mass is 356 g/mol. The van der Waals surface area contributed by atoms with Crippen molar-refractivity contribution in [3.05, 3.63) is 72.0 Å². The van der Waals surface area contributed by atoms with E-state index in [2.05, 4.69) is 33.3 Å². The maximum atomic E-state index is 6.31. The largest absolute Gasteiger partial charge is 0.298 e. The molecule has 2 heterocycles. The molecule has 0 amide bonds. The van der Waals surface area contributed by atoms with Crippen molar-refractivity contribution in [3.63, 3.8) is 0 Å². The van der Waals surface area contributed by atoms with Crippen LogP contribution in [0.2, 0.25) is 5.02 Å². The van der Waals surface area contributed by atoms with Gasteiger partial charge in [0.15, 0.2) is 11.0 Å². The normalized spacial score (nSPS) is 12.1. The van der Waals surface area contributed by atoms with Gasteiger partial charge in [-0.25, -0.2) is 0 Å². The highest BCUT2D eigenvalue weighted by Gasteiger charge is 2.18. The van der Waals surface area contributed by atoms with E-state index in [0.717, 1.165) is 27.1 Å². The Morgan fingerprint density at radius 1 is 1.21 bits per heavy atom. The lowest BCUT2D eigenvalue weighted by Gasteiger charge is -2.14. The molecular weight excluding hydrogens is 340 g/mol. The second kappa shape index (κ2) is 7.64. The van der Waals surface area contributed by atoms with Crippen LogP contribution >= 0.6 is 23.4 Å². The van der Waals surface area contributed by atoms with Gasteiger partial charge >= 0.3 is 0 Å². The maximum Gasteiger partial charge on any atom is 0.192 e. The number of thioether (sulfide) groups is 1. The van der Waals surface area contributed by atoms with E-state index in [1.165, 1.54) is 0 Å². The van der Waals surface area contributed by atoms with Crippen LogP contribution in [0.4, 0.5) is 0 Å². The number of hydrogen-bond acceptors (Lipinski definition) is 4. The average molecular weight is 357 g/mol. The number of aromatic nitrogens is 4. The van der Waals surface area contributed by atoms with Crippen LogP contribution < -0.4 is 0 Å². The van der Waals surface area contributed by atoms with E-state index in [-0.39, 0.29) is 5.25 Å². The fourth-order valence-corrected chi connectivity index (χ4v) is 3.80. The van der Waals surface area contributed by atoms with Crippen molar-refractivity contribution in [2.24, 2.45) is 0 Å². The van der Waals surface area contributed by atoms with Crippen molar-refractivity contribution >= 4 is 23.4 Å². The molecule has 24 heavy (non-hydrogen) atoms. The van der Waals surface area contributed by atoms with Gasteiger partial charge in [0.2, 0.25) is 0 Å². The third-order valence-electron chi connectivity index (χ3n) is 3.59. The first-order valence-electron chi connectivity index (χ1n) is 7.56. The summed E-state index contributed by atoms with van der Waals surface area (Å²) >= 11 is 7.94. The molecule has 0 aliphatic heterocycles. The third kappa shape index (κ3) is 3.52. The Labute approximate surface area is 150 Å². The molecule has 0 radical (unpaired) electrons. The SMILES string of the molecule is C=CCn1c(SC(C)c2ccccc2Cl)nnc1-c1ccncc1. The number of hydrogen-bond donors (Lipinski definition) is 0. The topological polar surface area (TPSA) is 43.6 Å². The lowest BCUT2D eigenvalue weighted by atomic mass is 10.2. The maximum absolute atomic E-state index is 6.31. The number of allylic oxidation sites excluding steroid dienone is 1. The number of halogens is 1. The molecule has 0 saturated carbocycles. The Morgan fingerprint density at radius 3 is 2.67 bits per heavy atom. The van der Waals surface area contributed by atoms with Gasteiger partial charge in [-0.15, -0.1) is 16.8 Å². The van der Waals surface area contributed by atoms with Gasteiger partial charge < -0.3 is 0 Å². The van der Waals surface area contributed by atoms with E-state index < -0.39 is 0 Å². The second-order valence-electron chi connectivity index (χ2n) is 5.22. The Bertz CT molecular complexity index is 832. The van der Waals surface area contributed by atoms with Gasteiger partial charge in [-0.3, -0.25) is 9.55 Å². The molecule has 0 spiro atoms. The molecule has 1 aromatic carbocycles. The van der Waals surface area contributed by atoms with Crippen molar-refractivity contribution in [3.8, 4) is 11.4 Å². The van der Waals surface area contributed by atoms with Gasteiger partial charge in [-0.2, -0.15) is 0 Å². The summed E-state index contributed by atoms with van der Waals surface area (Å²) < 4.78 is 2.06. The average Bonchev–Trinajstić information content (AvgIpc) is 2.99. The fourth-order valence-electron chi connectivity index (χ4n) is 2.41. The molecule has 0 fully saturated rings. The summed E-state index contributed by atoms with van der Waals surface area (Å²) in [6, 6.07) is 11.7. The molecule has 0 aliphatic carbocycles. The van der Waals surface area contributed by atoms with Gasteiger partial charge in [0.05, 0.1) is 0 Å². The van der Waals surface area contributed by atoms with Crippen LogP contribution in [-0.4, -0.2) is 19.7 Å². The van der Waals surface area contributed by atoms with Crippen LogP contribution in [0.3, 0.4) is 0 Å². The minimum absolute atomic E-state index is 0.164. The summed E-state index contributed by atoms with van der Waals surface area (Å²) in [5.74, 6) is 0.811. The van der Waals surface area contributed by atoms with Gasteiger partial charge in [0.25, 0.3) is 0 Å². The molecule has 0 bridgehead atoms. The molecule has 2 aromatic heterocycles. The first kappa shape index (κ1) is 16.7. The number of rotatable bonds is 6. The van der Waals surface area contributed by atoms with Crippen LogP contribution in [-0.2, 0) is 6.54 Å². The molecular formula is C18H17ClN4S. The second-order valence-corrected chi connectivity index (χ2v) is 6.94. The lowest BCUT2D eigenvalue weighted by Crippen LogP contribution is -2.02. The van der Waals surface area contributed by atoms with Crippen LogP contribution in [0.1, 0.15) is 17.7 Å². The summed E-state index contributed by atoms with van der Waals surface area (Å²) in [5, 5.41) is 10.5. The molecule has 6 heteroatoms. The van der Waals surface area contributed by atoms with Crippen LogP contribution in [0.25, 0.3) is 11.4 Å². The minimum Gasteiger partial charge on any atom is -0.298 e. The van der Waals surface area contributed by atoms with Crippen molar-refractivity contribution in [1.29, 1.82) is 0 Å². The summed E-state index contributed by atoms with van der Waals surface area (Å²) in [4.78, 5) is 4.05. The number of pyridine rings is 1. The van der Waals surface area contributed by atoms with Crippen molar-refractivity contribution in [1.82, 2.24) is 19.7 Å². The van der Waals surface area contributed by atoms with Crippen LogP contribution in [0.5, 0.6) is 0 Å². The van der Waals surface area contributed by atoms with Crippen LogP contribution in [0, 0.1) is 0 Å². The van der Waals surface area contributed by atoms with Gasteiger partial charge in [0.1, 0.15) is 0 Å². The van der Waals surface area contributed by atoms with E-state index in [0.29, 0.717) is 6.54 Å². The predicted octanol–water partition coefficient (Wildman–Crippen LogP) is 5.03. The van der Waals surface area contributed by atoms with Crippen LogP contribution in [0.15, 0.2) is 66.6 Å². The summed E-state index contributed by atoms with van der Waals surface area (Å²) in [6.45, 7) is 6.60. The highest BCUT2D eigenvalue weighted by molar-refractivity contribution is 7.99. The molecule has 1 atom stereocenters. The standard InChI is InChI=1S/C18H17ClN4S/c1-3-12-23-17(14-8-10-20-11-9-14)21-22-18(23)24-13(2)15-6-4-5-7-16(15)19/h3-11,13H,1,12H2,2H3. The molecule has 4 nitrogen and oxygen atoms in total. The van der Waals surface area contributed by atoms with Crippen molar-refractivity contribution < 1.29 is 0 Å². The highest BCUT2D eigenvalue weighted by Crippen LogP contribution is 2.38. The molecule has 0 saturated heterocycles. The van der Waals surface area contributed by atoms with Gasteiger partial charge in [0, 0.05) is 34.8 Å². The number of nitrogens with zero attached hydrogens (tertiary/aromatic N) is 4. The predicted molar refractivity (Wildman–Crippen MR) is 99.2 cm³/mol. The molecule has 3 aromatic rings. The minimum atomic E-state index is 0.164. The van der Waals surface area contributed by atoms with Gasteiger partial charge in [-0.05, 0) is 30.7 Å². The van der Waals surface area contributed by atoms with E-state index in [4.69, 9.17) is 11.6 Å². The smallest absolute Gasteiger partial charge is 0.192 e. The summed E-state index contributed by atoms with van der Waals surface area (Å²) in [6.07, 6.45) is 5.35. The highest BCUT2D eigenvalue weighted by atomic mass is 35.5. The zero-order valence-electron chi connectivity index (χ0n) is 13.3. The first-order valence-corrected chi connectivity index (χ1v) is 8.82. The lowest BCUT2D eigenvalue weighted by molar-refractivity contribution is 0.729. The Hall–Kier alpha value is -2.11. The quantitative estimate of drug-likeness (QED) is 0.458. The Morgan fingerprint density at radius 2 is 1.96 bits per heavy atom. The van der Waals surface area contributed by atoms with Gasteiger partial charge in [-0.1, -0.05) is 47.6 Å². The molecule has 122 valence electrons. The third-order valence-corrected chi connectivity index (χ3v) is 5.06. The summed E-state index contributed by atoms with van der Waals surface area (Å²) in [7, 11) is 0. The van der Waals surface area contributed by atoms with E-state index in [9.17, 15) is 0 Å². The molecule has 0 aliphatic rings. The van der Waals surface area contributed by atoms with E-state index in [1.54, 1.807) is 24.2 Å². The zero-order chi connectivity index (χ0) is 16.9. The van der Waals surface area contributed by atoms with Crippen molar-refractivity contribution in [2.75, 3.05) is 0 Å². The first-order chi connectivity index (χ1) is 11.7. The fraction of sp³-hybridized carbons (Fsp3) is 0.167. The molecule has 0 N–H and O–H groups in total. The number of benzene rings is 1. The van der Waals surface area contributed by atoms with Crippen molar-refractivity contribution in [2.45, 2.75) is 23.9 Å². The van der Waals surface area contributed by atoms with E-state index >= 15 is 0 Å². The molecule has 3 rings (SSSR count). The summed E-state index contributed by atoms with van der Waals surface area (Å²) in [5.41, 5.74) is 2.07. The molecule has 1 unspecified atom stereocenters. The van der Waals surface area contributed by atoms with E-state index in [1.807, 2.05) is 42.5 Å². The Kier molecular flexibility index (Phi) is 5.33.